The Morgan fingerprint density at radius 1 is 0.607 bits per heavy atom. The van der Waals surface area contributed by atoms with Gasteiger partial charge in [0.1, 0.15) is 13.2 Å². The van der Waals surface area contributed by atoms with E-state index in [9.17, 15) is 19.4 Å². The van der Waals surface area contributed by atoms with Crippen molar-refractivity contribution in [1.29, 1.82) is 0 Å². The number of hydrogen-bond donors (Lipinski definition) is 2. The van der Waals surface area contributed by atoms with Crippen LogP contribution in [0.1, 0.15) is 219 Å². The number of aliphatic hydroxyl groups excluding tert-OH is 1. The van der Waals surface area contributed by atoms with Crippen molar-refractivity contribution < 1.29 is 32.9 Å². The highest BCUT2D eigenvalue weighted by atomic mass is 31.2. The summed E-state index contributed by atoms with van der Waals surface area (Å²) < 4.78 is 23.2. The summed E-state index contributed by atoms with van der Waals surface area (Å²) in [5.74, 6) is -0.205. The average molecular weight is 813 g/mol. The Morgan fingerprint density at radius 3 is 1.45 bits per heavy atom. The second kappa shape index (κ2) is 39.4. The lowest BCUT2D eigenvalue weighted by atomic mass is 10.0. The molecule has 0 radical (unpaired) electrons. The summed E-state index contributed by atoms with van der Waals surface area (Å²) in [5.41, 5.74) is 0. The molecule has 0 aromatic carbocycles. The van der Waals surface area contributed by atoms with Crippen LogP contribution in [0.4, 0.5) is 0 Å². The number of quaternary nitrogens is 1. The second-order valence-corrected chi connectivity index (χ2v) is 18.9. The molecule has 0 fully saturated rings. The summed E-state index contributed by atoms with van der Waals surface area (Å²) in [6.45, 7) is 4.61. The van der Waals surface area contributed by atoms with Crippen LogP contribution in [0.5, 0.6) is 0 Å². The van der Waals surface area contributed by atoms with E-state index in [1.807, 2.05) is 27.2 Å². The first-order valence-electron chi connectivity index (χ1n) is 23.7. The molecule has 0 aromatic rings. The number of phosphoric acid groups is 1. The van der Waals surface area contributed by atoms with Crippen molar-refractivity contribution in [3.63, 3.8) is 0 Å². The number of nitrogens with one attached hydrogen (secondary N) is 1. The van der Waals surface area contributed by atoms with Gasteiger partial charge < -0.3 is 28.8 Å². The predicted molar refractivity (Wildman–Crippen MR) is 238 cm³/mol. The fourth-order valence-electron chi connectivity index (χ4n) is 6.87. The van der Waals surface area contributed by atoms with Crippen molar-refractivity contribution in [3.8, 4) is 0 Å². The summed E-state index contributed by atoms with van der Waals surface area (Å²) in [7, 11) is 1.25. The van der Waals surface area contributed by atoms with Crippen molar-refractivity contribution in [1.82, 2.24) is 5.32 Å². The number of rotatable bonds is 43. The number of carbonyl (C=O) groups is 1. The van der Waals surface area contributed by atoms with E-state index in [2.05, 4.69) is 31.3 Å². The summed E-state index contributed by atoms with van der Waals surface area (Å²) in [6.07, 6.45) is 46.7. The standard InChI is InChI=1S/C47H93N2O6P/c1-6-8-10-12-14-16-18-19-20-21-22-23-24-25-26-27-28-29-31-33-35-37-39-41-47(51)48-45(44-55-56(52,53)54-43-42-49(3,4)5)46(50)40-38-36-34-32-30-17-15-13-11-9-7-2/h30,32,38,40,45-46,50H,6-29,31,33-37,39,41-44H2,1-5H3,(H-,48,51,52,53)/b32-30+,40-38+. The number of amides is 1. The van der Waals surface area contributed by atoms with Gasteiger partial charge in [-0.1, -0.05) is 205 Å². The van der Waals surface area contributed by atoms with Gasteiger partial charge in [-0.15, -0.1) is 0 Å². The fourth-order valence-corrected chi connectivity index (χ4v) is 7.60. The van der Waals surface area contributed by atoms with Crippen molar-refractivity contribution in [2.45, 2.75) is 231 Å². The molecule has 3 unspecified atom stereocenters. The molecule has 1 amide bonds. The minimum Gasteiger partial charge on any atom is -0.756 e. The molecule has 0 spiro atoms. The lowest BCUT2D eigenvalue weighted by molar-refractivity contribution is -0.870. The van der Waals surface area contributed by atoms with Crippen LogP contribution in [0.25, 0.3) is 0 Å². The Bertz CT molecular complexity index is 969. The first-order chi connectivity index (χ1) is 27.0. The third kappa shape index (κ3) is 41.2. The van der Waals surface area contributed by atoms with Gasteiger partial charge in [-0.3, -0.25) is 9.36 Å². The molecule has 0 bridgehead atoms. The van der Waals surface area contributed by atoms with E-state index in [1.165, 1.54) is 161 Å². The summed E-state index contributed by atoms with van der Waals surface area (Å²) in [6, 6.07) is -0.897. The number of nitrogens with zero attached hydrogens (tertiary/aromatic N) is 1. The Labute approximate surface area is 347 Å². The Balaban J connectivity index is 4.21. The maximum absolute atomic E-state index is 12.8. The van der Waals surface area contributed by atoms with Gasteiger partial charge in [0, 0.05) is 6.42 Å². The predicted octanol–water partition coefficient (Wildman–Crippen LogP) is 12.7. The summed E-state index contributed by atoms with van der Waals surface area (Å²) in [5, 5.41) is 13.7. The number of likely N-dealkylation sites (N-methyl/N-ethyl adjacent to an activating group) is 1. The molecule has 0 aliphatic rings. The molecule has 0 heterocycles. The molecular weight excluding hydrogens is 719 g/mol. The van der Waals surface area contributed by atoms with Gasteiger partial charge in [-0.05, 0) is 32.1 Å². The van der Waals surface area contributed by atoms with E-state index in [1.54, 1.807) is 6.08 Å². The number of allylic oxidation sites excluding steroid dienone is 3. The lowest BCUT2D eigenvalue weighted by Crippen LogP contribution is -2.45. The first kappa shape index (κ1) is 55.0. The van der Waals surface area contributed by atoms with E-state index >= 15 is 0 Å². The van der Waals surface area contributed by atoms with E-state index < -0.39 is 20.0 Å². The zero-order valence-corrected chi connectivity index (χ0v) is 38.5. The molecule has 3 atom stereocenters. The zero-order valence-electron chi connectivity index (χ0n) is 37.6. The van der Waals surface area contributed by atoms with Crippen molar-refractivity contribution in [3.05, 3.63) is 24.3 Å². The molecule has 0 rings (SSSR count). The molecule has 8 nitrogen and oxygen atoms in total. The van der Waals surface area contributed by atoms with Crippen LogP contribution < -0.4 is 10.2 Å². The Hall–Kier alpha value is -1.02. The largest absolute Gasteiger partial charge is 0.756 e. The Kier molecular flexibility index (Phi) is 38.7. The van der Waals surface area contributed by atoms with Crippen LogP contribution in [0, 0.1) is 0 Å². The lowest BCUT2D eigenvalue weighted by Gasteiger charge is -2.29. The van der Waals surface area contributed by atoms with Crippen LogP contribution in [-0.2, 0) is 18.4 Å². The molecular formula is C47H93N2O6P. The quantitative estimate of drug-likeness (QED) is 0.0275. The molecule has 332 valence electrons. The number of aliphatic hydroxyl groups is 1. The van der Waals surface area contributed by atoms with Crippen LogP contribution in [-0.4, -0.2) is 68.5 Å². The zero-order chi connectivity index (χ0) is 41.4. The highest BCUT2D eigenvalue weighted by Gasteiger charge is 2.23. The van der Waals surface area contributed by atoms with Gasteiger partial charge in [-0.2, -0.15) is 0 Å². The Morgan fingerprint density at radius 2 is 1.00 bits per heavy atom. The van der Waals surface area contributed by atoms with Crippen molar-refractivity contribution in [2.24, 2.45) is 0 Å². The van der Waals surface area contributed by atoms with Crippen molar-refractivity contribution >= 4 is 13.7 Å². The summed E-state index contributed by atoms with van der Waals surface area (Å²) >= 11 is 0. The average Bonchev–Trinajstić information content (AvgIpc) is 3.15. The summed E-state index contributed by atoms with van der Waals surface area (Å²) in [4.78, 5) is 25.3. The molecule has 0 saturated heterocycles. The van der Waals surface area contributed by atoms with Gasteiger partial charge in [0.05, 0.1) is 39.9 Å². The highest BCUT2D eigenvalue weighted by molar-refractivity contribution is 7.45. The minimum atomic E-state index is -4.59. The third-order valence-electron chi connectivity index (χ3n) is 10.7. The molecule has 9 heteroatoms. The normalized spacial score (nSPS) is 14.5. The topological polar surface area (TPSA) is 108 Å². The first-order valence-corrected chi connectivity index (χ1v) is 25.2. The highest BCUT2D eigenvalue weighted by Crippen LogP contribution is 2.38. The van der Waals surface area contributed by atoms with E-state index in [4.69, 9.17) is 9.05 Å². The van der Waals surface area contributed by atoms with Gasteiger partial charge in [0.15, 0.2) is 0 Å². The molecule has 56 heavy (non-hydrogen) atoms. The molecule has 0 aliphatic carbocycles. The molecule has 0 saturated carbocycles. The monoisotopic (exact) mass is 813 g/mol. The van der Waals surface area contributed by atoms with E-state index in [0.29, 0.717) is 17.4 Å². The minimum absolute atomic E-state index is 0.00441. The molecule has 0 aliphatic heterocycles. The molecule has 0 aromatic heterocycles. The SMILES string of the molecule is CCCCCCC/C=C/CC/C=C/C(O)C(COP(=O)([O-])OCC[N+](C)(C)C)NC(=O)CCCCCCCCCCCCCCCCCCCCCCCCC. The smallest absolute Gasteiger partial charge is 0.268 e. The molecule has 2 N–H and O–H groups in total. The van der Waals surface area contributed by atoms with Crippen LogP contribution in [0.2, 0.25) is 0 Å². The third-order valence-corrected chi connectivity index (χ3v) is 11.6. The number of phosphoric ester groups is 1. The van der Waals surface area contributed by atoms with Gasteiger partial charge in [0.2, 0.25) is 5.91 Å². The maximum Gasteiger partial charge on any atom is 0.268 e. The van der Waals surface area contributed by atoms with Crippen LogP contribution in [0.3, 0.4) is 0 Å². The number of hydrogen-bond acceptors (Lipinski definition) is 6. The number of carbonyl (C=O) groups excluding carboxylic acids is 1. The van der Waals surface area contributed by atoms with Crippen molar-refractivity contribution in [2.75, 3.05) is 40.9 Å². The van der Waals surface area contributed by atoms with Crippen LogP contribution >= 0.6 is 7.82 Å². The second-order valence-electron chi connectivity index (χ2n) is 17.5. The van der Waals surface area contributed by atoms with Crippen LogP contribution in [0.15, 0.2) is 24.3 Å². The number of unbranched alkanes of at least 4 members (excludes halogenated alkanes) is 28. The van der Waals surface area contributed by atoms with Gasteiger partial charge in [0.25, 0.3) is 7.82 Å². The van der Waals surface area contributed by atoms with Gasteiger partial charge in [-0.25, -0.2) is 0 Å². The van der Waals surface area contributed by atoms with Gasteiger partial charge >= 0.3 is 0 Å². The fraction of sp³-hybridized carbons (Fsp3) is 0.894. The maximum atomic E-state index is 12.8. The van der Waals surface area contributed by atoms with E-state index in [-0.39, 0.29) is 19.1 Å². The van der Waals surface area contributed by atoms with E-state index in [0.717, 1.165) is 38.5 Å².